The SMILES string of the molecule is COc1ccc(S(=O)(=O)N(CCO)C(C)C)cc1[N+](=O)[O-]. The fourth-order valence-electron chi connectivity index (χ4n) is 1.86. The number of sulfonamides is 1. The van der Waals surface area contributed by atoms with Crippen molar-refractivity contribution in [2.24, 2.45) is 0 Å². The summed E-state index contributed by atoms with van der Waals surface area (Å²) >= 11 is 0. The maximum absolute atomic E-state index is 12.5. The molecule has 0 amide bonds. The number of methoxy groups -OCH3 is 1. The highest BCUT2D eigenvalue weighted by molar-refractivity contribution is 7.89. The van der Waals surface area contributed by atoms with Gasteiger partial charge in [-0.3, -0.25) is 10.1 Å². The molecule has 0 aliphatic heterocycles. The number of nitro benzene ring substituents is 1. The lowest BCUT2D eigenvalue weighted by molar-refractivity contribution is -0.386. The monoisotopic (exact) mass is 318 g/mol. The highest BCUT2D eigenvalue weighted by Crippen LogP contribution is 2.30. The Bertz CT molecular complexity index is 614. The Morgan fingerprint density at radius 1 is 1.43 bits per heavy atom. The largest absolute Gasteiger partial charge is 0.490 e. The average molecular weight is 318 g/mol. The van der Waals surface area contributed by atoms with Crippen LogP contribution in [0.3, 0.4) is 0 Å². The third-order valence-electron chi connectivity index (χ3n) is 2.85. The van der Waals surface area contributed by atoms with Crippen molar-refractivity contribution in [1.82, 2.24) is 4.31 Å². The molecule has 0 spiro atoms. The molecule has 1 N–H and O–H groups in total. The molecule has 1 rings (SSSR count). The van der Waals surface area contributed by atoms with E-state index in [1.807, 2.05) is 0 Å². The molecule has 1 aromatic carbocycles. The average Bonchev–Trinajstić information content (AvgIpc) is 2.43. The number of benzene rings is 1. The number of hydrogen-bond donors (Lipinski definition) is 1. The van der Waals surface area contributed by atoms with Crippen LogP contribution in [0, 0.1) is 10.1 Å². The van der Waals surface area contributed by atoms with Crippen molar-refractivity contribution >= 4 is 15.7 Å². The lowest BCUT2D eigenvalue weighted by atomic mass is 10.3. The van der Waals surface area contributed by atoms with E-state index in [0.717, 1.165) is 10.4 Å². The van der Waals surface area contributed by atoms with Gasteiger partial charge in [0.05, 0.1) is 23.5 Å². The minimum absolute atomic E-state index is 0.0165. The molecule has 0 aliphatic carbocycles. The maximum Gasteiger partial charge on any atom is 0.312 e. The zero-order chi connectivity index (χ0) is 16.2. The minimum atomic E-state index is -3.93. The Kier molecular flexibility index (Phi) is 5.64. The Morgan fingerprint density at radius 2 is 2.05 bits per heavy atom. The first-order valence-electron chi connectivity index (χ1n) is 6.20. The lowest BCUT2D eigenvalue weighted by Crippen LogP contribution is -2.38. The number of aliphatic hydroxyl groups excluding tert-OH is 1. The molecule has 0 aromatic heterocycles. The van der Waals surface area contributed by atoms with Crippen LogP contribution < -0.4 is 4.74 Å². The Morgan fingerprint density at radius 3 is 2.48 bits per heavy atom. The van der Waals surface area contributed by atoms with Crippen LogP contribution in [0.4, 0.5) is 5.69 Å². The second kappa shape index (κ2) is 6.83. The van der Waals surface area contributed by atoms with E-state index < -0.39 is 20.6 Å². The summed E-state index contributed by atoms with van der Waals surface area (Å²) < 4.78 is 30.9. The van der Waals surface area contributed by atoms with Crippen LogP contribution in [0.25, 0.3) is 0 Å². The molecule has 9 heteroatoms. The number of rotatable bonds is 7. The van der Waals surface area contributed by atoms with Crippen molar-refractivity contribution in [2.45, 2.75) is 24.8 Å². The van der Waals surface area contributed by atoms with E-state index in [-0.39, 0.29) is 29.8 Å². The quantitative estimate of drug-likeness (QED) is 0.593. The zero-order valence-electron chi connectivity index (χ0n) is 12.0. The van der Waals surface area contributed by atoms with E-state index in [1.54, 1.807) is 13.8 Å². The second-order valence-electron chi connectivity index (χ2n) is 4.52. The van der Waals surface area contributed by atoms with Gasteiger partial charge in [0.15, 0.2) is 5.75 Å². The number of nitrogens with zero attached hydrogens (tertiary/aromatic N) is 2. The molecule has 0 saturated heterocycles. The van der Waals surface area contributed by atoms with Crippen molar-refractivity contribution in [2.75, 3.05) is 20.3 Å². The zero-order valence-corrected chi connectivity index (χ0v) is 12.8. The van der Waals surface area contributed by atoms with Crippen LogP contribution >= 0.6 is 0 Å². The molecule has 8 nitrogen and oxygen atoms in total. The van der Waals surface area contributed by atoms with Crippen LogP contribution in [0.5, 0.6) is 5.75 Å². The van der Waals surface area contributed by atoms with Gasteiger partial charge in [-0.1, -0.05) is 0 Å². The second-order valence-corrected chi connectivity index (χ2v) is 6.41. The summed E-state index contributed by atoms with van der Waals surface area (Å²) in [4.78, 5) is 10.1. The molecule has 0 saturated carbocycles. The molecule has 21 heavy (non-hydrogen) atoms. The topological polar surface area (TPSA) is 110 Å². The predicted molar refractivity (Wildman–Crippen MR) is 75.8 cm³/mol. The lowest BCUT2D eigenvalue weighted by Gasteiger charge is -2.25. The molecule has 0 atom stereocenters. The van der Waals surface area contributed by atoms with E-state index in [2.05, 4.69) is 0 Å². The fraction of sp³-hybridized carbons (Fsp3) is 0.500. The van der Waals surface area contributed by atoms with Gasteiger partial charge in [-0.2, -0.15) is 4.31 Å². The first-order valence-corrected chi connectivity index (χ1v) is 7.64. The fourth-order valence-corrected chi connectivity index (χ4v) is 3.51. The maximum atomic E-state index is 12.5. The summed E-state index contributed by atoms with van der Waals surface area (Å²) in [5.41, 5.74) is -0.425. The van der Waals surface area contributed by atoms with Gasteiger partial charge >= 0.3 is 5.69 Å². The van der Waals surface area contributed by atoms with Gasteiger partial charge in [0.25, 0.3) is 0 Å². The van der Waals surface area contributed by atoms with Crippen LogP contribution in [-0.4, -0.2) is 49.1 Å². The van der Waals surface area contributed by atoms with Crippen molar-refractivity contribution in [3.8, 4) is 5.75 Å². The van der Waals surface area contributed by atoms with E-state index in [4.69, 9.17) is 9.84 Å². The predicted octanol–water partition coefficient (Wildman–Crippen LogP) is 0.995. The molecule has 0 radical (unpaired) electrons. The molecule has 0 aliphatic rings. The van der Waals surface area contributed by atoms with Gasteiger partial charge in [-0.25, -0.2) is 8.42 Å². The van der Waals surface area contributed by atoms with Crippen molar-refractivity contribution < 1.29 is 23.2 Å². The number of aliphatic hydroxyl groups is 1. The van der Waals surface area contributed by atoms with Crippen LogP contribution in [0.15, 0.2) is 23.1 Å². The highest BCUT2D eigenvalue weighted by atomic mass is 32.2. The van der Waals surface area contributed by atoms with Gasteiger partial charge in [-0.05, 0) is 26.0 Å². The van der Waals surface area contributed by atoms with Crippen LogP contribution in [0.1, 0.15) is 13.8 Å². The normalized spacial score (nSPS) is 11.9. The summed E-state index contributed by atoms with van der Waals surface area (Å²) in [5, 5.41) is 20.0. The third kappa shape index (κ3) is 3.69. The van der Waals surface area contributed by atoms with Gasteiger partial charge in [0.2, 0.25) is 10.0 Å². The molecule has 0 bridgehead atoms. The first kappa shape index (κ1) is 17.3. The molecular weight excluding hydrogens is 300 g/mol. The van der Waals surface area contributed by atoms with Crippen LogP contribution in [-0.2, 0) is 10.0 Å². The summed E-state index contributed by atoms with van der Waals surface area (Å²) in [6.45, 7) is 2.89. The molecule has 1 aromatic rings. The van der Waals surface area contributed by atoms with Crippen LogP contribution in [0.2, 0.25) is 0 Å². The molecule has 0 fully saturated rings. The van der Waals surface area contributed by atoms with Gasteiger partial charge < -0.3 is 9.84 Å². The van der Waals surface area contributed by atoms with E-state index in [9.17, 15) is 18.5 Å². The summed E-state index contributed by atoms with van der Waals surface area (Å²) in [7, 11) is -2.66. The Hall–Kier alpha value is -1.71. The molecule has 118 valence electrons. The standard InChI is InChI=1S/C12H18N2O6S/c1-9(2)13(6-7-15)21(18,19)10-4-5-12(20-3)11(8-10)14(16)17/h4-5,8-9,15H,6-7H2,1-3H3. The first-order chi connectivity index (χ1) is 9.75. The van der Waals surface area contributed by atoms with E-state index >= 15 is 0 Å². The Balaban J connectivity index is 3.37. The smallest absolute Gasteiger partial charge is 0.312 e. The number of hydrogen-bond acceptors (Lipinski definition) is 6. The van der Waals surface area contributed by atoms with Gasteiger partial charge in [-0.15, -0.1) is 0 Å². The summed E-state index contributed by atoms with van der Waals surface area (Å²) in [6.07, 6.45) is 0. The molecular formula is C12H18N2O6S. The third-order valence-corrected chi connectivity index (χ3v) is 4.92. The van der Waals surface area contributed by atoms with E-state index in [1.165, 1.54) is 19.2 Å². The number of ether oxygens (including phenoxy) is 1. The van der Waals surface area contributed by atoms with E-state index in [0.29, 0.717) is 0 Å². The van der Waals surface area contributed by atoms with Gasteiger partial charge in [0.1, 0.15) is 0 Å². The van der Waals surface area contributed by atoms with Crippen molar-refractivity contribution in [1.29, 1.82) is 0 Å². The molecule has 0 unspecified atom stereocenters. The minimum Gasteiger partial charge on any atom is -0.490 e. The van der Waals surface area contributed by atoms with Gasteiger partial charge in [0, 0.05) is 18.7 Å². The Labute approximate surface area is 123 Å². The summed E-state index contributed by atoms with van der Waals surface area (Å²) in [6, 6.07) is 3.06. The molecule has 0 heterocycles. The highest BCUT2D eigenvalue weighted by Gasteiger charge is 2.29. The number of nitro groups is 1. The van der Waals surface area contributed by atoms with Crippen molar-refractivity contribution in [3.05, 3.63) is 28.3 Å². The van der Waals surface area contributed by atoms with Crippen molar-refractivity contribution in [3.63, 3.8) is 0 Å². The summed E-state index contributed by atoms with van der Waals surface area (Å²) in [5.74, 6) is -0.0165.